The molecule has 0 aliphatic rings. The first-order valence-electron chi connectivity index (χ1n) is 7.00. The number of carbonyl (C=O) groups excluding carboxylic acids is 1. The van der Waals surface area contributed by atoms with E-state index < -0.39 is 17.8 Å². The molecule has 0 saturated heterocycles. The number of benzene rings is 2. The molecule has 22 heavy (non-hydrogen) atoms. The molecule has 116 valence electrons. The second-order valence-electron chi connectivity index (χ2n) is 4.63. The molecule has 2 aromatic rings. The minimum atomic E-state index is -0.740. The Labute approximate surface area is 128 Å². The quantitative estimate of drug-likeness (QED) is 0.886. The van der Waals surface area contributed by atoms with Gasteiger partial charge in [0.2, 0.25) is 0 Å². The number of methoxy groups -OCH3 is 1. The molecular formula is C17H18FNO3. The number of amides is 1. The summed E-state index contributed by atoms with van der Waals surface area (Å²) >= 11 is 0. The molecule has 1 atom stereocenters. The van der Waals surface area contributed by atoms with Crippen LogP contribution in [-0.4, -0.2) is 19.1 Å². The lowest BCUT2D eigenvalue weighted by Crippen LogP contribution is -2.32. The Balaban J connectivity index is 2.11. The minimum Gasteiger partial charge on any atom is -0.493 e. The van der Waals surface area contributed by atoms with Gasteiger partial charge in [-0.05, 0) is 30.7 Å². The number of ether oxygens (including phenoxy) is 2. The number of rotatable bonds is 6. The van der Waals surface area contributed by atoms with Crippen LogP contribution in [-0.2, 0) is 4.79 Å². The van der Waals surface area contributed by atoms with Gasteiger partial charge in [0.25, 0.3) is 5.91 Å². The fourth-order valence-corrected chi connectivity index (χ4v) is 1.97. The van der Waals surface area contributed by atoms with E-state index in [2.05, 4.69) is 5.32 Å². The average molecular weight is 303 g/mol. The first kappa shape index (κ1) is 15.8. The van der Waals surface area contributed by atoms with E-state index in [1.807, 2.05) is 13.0 Å². The highest BCUT2D eigenvalue weighted by Gasteiger charge is 2.21. The smallest absolute Gasteiger partial charge is 0.265 e. The molecule has 0 radical (unpaired) electrons. The molecule has 0 bridgehead atoms. The van der Waals surface area contributed by atoms with Gasteiger partial charge in [-0.25, -0.2) is 4.39 Å². The summed E-state index contributed by atoms with van der Waals surface area (Å²) in [5.41, 5.74) is 0.134. The Kier molecular flexibility index (Phi) is 5.36. The molecule has 1 amide bonds. The van der Waals surface area contributed by atoms with Gasteiger partial charge in [-0.15, -0.1) is 0 Å². The van der Waals surface area contributed by atoms with Gasteiger partial charge in [0.1, 0.15) is 5.82 Å². The molecule has 0 saturated carbocycles. The zero-order valence-corrected chi connectivity index (χ0v) is 12.5. The molecule has 2 rings (SSSR count). The van der Waals surface area contributed by atoms with E-state index in [1.165, 1.54) is 19.2 Å². The van der Waals surface area contributed by atoms with E-state index in [-0.39, 0.29) is 5.69 Å². The van der Waals surface area contributed by atoms with Crippen LogP contribution in [0.1, 0.15) is 13.3 Å². The predicted molar refractivity (Wildman–Crippen MR) is 82.7 cm³/mol. The largest absolute Gasteiger partial charge is 0.493 e. The van der Waals surface area contributed by atoms with Crippen molar-refractivity contribution in [3.05, 3.63) is 54.3 Å². The monoisotopic (exact) mass is 303 g/mol. The number of anilines is 1. The molecule has 0 spiro atoms. The number of para-hydroxylation sites is 3. The number of nitrogens with one attached hydrogen (secondary N) is 1. The molecule has 0 aromatic heterocycles. The number of halogens is 1. The third-order valence-electron chi connectivity index (χ3n) is 3.13. The number of hydrogen-bond donors (Lipinski definition) is 1. The van der Waals surface area contributed by atoms with Crippen molar-refractivity contribution in [3.63, 3.8) is 0 Å². The lowest BCUT2D eigenvalue weighted by atomic mass is 10.2. The van der Waals surface area contributed by atoms with E-state index in [1.54, 1.807) is 30.3 Å². The SMILES string of the molecule is CC[C@@H](Oc1ccccc1OC)C(=O)Nc1ccccc1F. The van der Waals surface area contributed by atoms with Crippen LogP contribution in [0.3, 0.4) is 0 Å². The van der Waals surface area contributed by atoms with Gasteiger partial charge in [-0.3, -0.25) is 4.79 Å². The van der Waals surface area contributed by atoms with E-state index in [9.17, 15) is 9.18 Å². The maximum atomic E-state index is 13.6. The van der Waals surface area contributed by atoms with Crippen LogP contribution in [0.2, 0.25) is 0 Å². The van der Waals surface area contributed by atoms with Crippen molar-refractivity contribution < 1.29 is 18.7 Å². The summed E-state index contributed by atoms with van der Waals surface area (Å²) in [5.74, 6) is 0.127. The lowest BCUT2D eigenvalue weighted by molar-refractivity contribution is -0.122. The zero-order chi connectivity index (χ0) is 15.9. The molecule has 0 unspecified atom stereocenters. The van der Waals surface area contributed by atoms with Crippen LogP contribution in [0.5, 0.6) is 11.5 Å². The van der Waals surface area contributed by atoms with Gasteiger partial charge >= 0.3 is 0 Å². The first-order chi connectivity index (χ1) is 10.7. The molecule has 4 nitrogen and oxygen atoms in total. The normalized spacial score (nSPS) is 11.6. The van der Waals surface area contributed by atoms with Gasteiger partial charge in [0.05, 0.1) is 12.8 Å². The van der Waals surface area contributed by atoms with Gasteiger partial charge in [0.15, 0.2) is 17.6 Å². The first-order valence-corrected chi connectivity index (χ1v) is 7.00. The maximum Gasteiger partial charge on any atom is 0.265 e. The van der Waals surface area contributed by atoms with E-state index in [4.69, 9.17) is 9.47 Å². The molecule has 2 aromatic carbocycles. The van der Waals surface area contributed by atoms with Gasteiger partial charge < -0.3 is 14.8 Å². The van der Waals surface area contributed by atoms with Crippen molar-refractivity contribution in [2.75, 3.05) is 12.4 Å². The molecule has 5 heteroatoms. The zero-order valence-electron chi connectivity index (χ0n) is 12.5. The van der Waals surface area contributed by atoms with Crippen molar-refractivity contribution in [3.8, 4) is 11.5 Å². The van der Waals surface area contributed by atoms with Crippen molar-refractivity contribution in [2.24, 2.45) is 0 Å². The Morgan fingerprint density at radius 3 is 2.41 bits per heavy atom. The van der Waals surface area contributed by atoms with Crippen LogP contribution in [0.15, 0.2) is 48.5 Å². The summed E-state index contributed by atoms with van der Waals surface area (Å²) in [5, 5.41) is 2.54. The fourth-order valence-electron chi connectivity index (χ4n) is 1.97. The van der Waals surface area contributed by atoms with Gasteiger partial charge in [-0.1, -0.05) is 31.2 Å². The third kappa shape index (κ3) is 3.75. The minimum absolute atomic E-state index is 0.134. The van der Waals surface area contributed by atoms with E-state index in [0.717, 1.165) is 0 Å². The van der Waals surface area contributed by atoms with Crippen LogP contribution in [0, 0.1) is 5.82 Å². The third-order valence-corrected chi connectivity index (χ3v) is 3.13. The Hall–Kier alpha value is -2.56. The average Bonchev–Trinajstić information content (AvgIpc) is 2.55. The molecule has 1 N–H and O–H groups in total. The summed E-state index contributed by atoms with van der Waals surface area (Å²) in [6, 6.07) is 13.1. The fraction of sp³-hybridized carbons (Fsp3) is 0.235. The summed E-state index contributed by atoms with van der Waals surface area (Å²) in [6.45, 7) is 1.82. The van der Waals surface area contributed by atoms with Crippen molar-refractivity contribution in [1.82, 2.24) is 0 Å². The molecule has 0 aliphatic carbocycles. The predicted octanol–water partition coefficient (Wildman–Crippen LogP) is 3.63. The lowest BCUT2D eigenvalue weighted by Gasteiger charge is -2.19. The topological polar surface area (TPSA) is 47.6 Å². The molecule has 0 aliphatic heterocycles. The second kappa shape index (κ2) is 7.45. The summed E-state index contributed by atoms with van der Waals surface area (Å²) in [7, 11) is 1.53. The Morgan fingerprint density at radius 1 is 1.14 bits per heavy atom. The van der Waals surface area contributed by atoms with Crippen LogP contribution in [0.25, 0.3) is 0 Å². The summed E-state index contributed by atoms with van der Waals surface area (Å²) in [6.07, 6.45) is -0.297. The van der Waals surface area contributed by atoms with Crippen molar-refractivity contribution in [2.45, 2.75) is 19.4 Å². The summed E-state index contributed by atoms with van der Waals surface area (Å²) in [4.78, 5) is 12.3. The number of hydrogen-bond acceptors (Lipinski definition) is 3. The highest BCUT2D eigenvalue weighted by Crippen LogP contribution is 2.27. The highest BCUT2D eigenvalue weighted by molar-refractivity contribution is 5.94. The van der Waals surface area contributed by atoms with Gasteiger partial charge in [-0.2, -0.15) is 0 Å². The van der Waals surface area contributed by atoms with E-state index >= 15 is 0 Å². The molecular weight excluding hydrogens is 285 g/mol. The van der Waals surface area contributed by atoms with Crippen LogP contribution in [0.4, 0.5) is 10.1 Å². The standard InChI is InChI=1S/C17H18FNO3/c1-3-14(22-16-11-7-6-10-15(16)21-2)17(20)19-13-9-5-4-8-12(13)18/h4-11,14H,3H2,1-2H3,(H,19,20)/t14-/m1/s1. The second-order valence-corrected chi connectivity index (χ2v) is 4.63. The molecule has 0 heterocycles. The van der Waals surface area contributed by atoms with Crippen molar-refractivity contribution in [1.29, 1.82) is 0 Å². The van der Waals surface area contributed by atoms with Crippen LogP contribution >= 0.6 is 0 Å². The highest BCUT2D eigenvalue weighted by atomic mass is 19.1. The number of carbonyl (C=O) groups is 1. The summed E-state index contributed by atoms with van der Waals surface area (Å²) < 4.78 is 24.5. The van der Waals surface area contributed by atoms with Crippen molar-refractivity contribution >= 4 is 11.6 Å². The van der Waals surface area contributed by atoms with E-state index in [0.29, 0.717) is 17.9 Å². The molecule has 0 fully saturated rings. The van der Waals surface area contributed by atoms with Gasteiger partial charge in [0, 0.05) is 0 Å². The Morgan fingerprint density at radius 2 is 1.77 bits per heavy atom. The Bertz CT molecular complexity index is 645. The van der Waals surface area contributed by atoms with Crippen LogP contribution < -0.4 is 14.8 Å². The maximum absolute atomic E-state index is 13.6.